The van der Waals surface area contributed by atoms with Crippen LogP contribution >= 0.6 is 0 Å². The number of rotatable bonds is 15. The van der Waals surface area contributed by atoms with E-state index < -0.39 is 11.9 Å². The van der Waals surface area contributed by atoms with Gasteiger partial charge < -0.3 is 19.8 Å². The number of unbranched alkanes of at least 4 members (excludes halogenated alkanes) is 10. The van der Waals surface area contributed by atoms with E-state index in [9.17, 15) is 19.8 Å². The van der Waals surface area contributed by atoms with E-state index in [0.717, 1.165) is 50.5 Å². The first-order valence-corrected chi connectivity index (χ1v) is 13.4. The van der Waals surface area contributed by atoms with Gasteiger partial charge in [0.25, 0.3) is 0 Å². The number of aromatic carboxylic acids is 1. The summed E-state index contributed by atoms with van der Waals surface area (Å²) in [5, 5.41) is 20.7. The average molecular weight is 595 g/mol. The molecule has 200 valence electrons. The van der Waals surface area contributed by atoms with Crippen LogP contribution in [-0.4, -0.2) is 35.8 Å². The van der Waals surface area contributed by atoms with Gasteiger partial charge in [-0.3, -0.25) is 0 Å². The van der Waals surface area contributed by atoms with Crippen LogP contribution in [0.5, 0.6) is 0 Å². The van der Waals surface area contributed by atoms with E-state index in [0.29, 0.717) is 5.56 Å². The first-order valence-electron chi connectivity index (χ1n) is 13.4. The summed E-state index contributed by atoms with van der Waals surface area (Å²) in [6.45, 7) is 15.7. The number of carboxylic acid groups (broad SMARTS) is 2. The molecule has 0 saturated carbocycles. The fourth-order valence-corrected chi connectivity index (χ4v) is 2.71. The van der Waals surface area contributed by atoms with E-state index in [1.54, 1.807) is 12.1 Å². The Morgan fingerprint density at radius 2 is 1.11 bits per heavy atom. The third-order valence-electron chi connectivity index (χ3n) is 4.98. The van der Waals surface area contributed by atoms with Crippen molar-refractivity contribution in [3.05, 3.63) is 49.2 Å². The zero-order valence-electron chi connectivity index (χ0n) is 23.2. The molecule has 35 heavy (non-hydrogen) atoms. The zero-order chi connectivity index (χ0) is 26.5. The number of benzene rings is 1. The Kier molecular flexibility index (Phi) is 41.2. The molecule has 0 saturated heterocycles. The van der Waals surface area contributed by atoms with Crippen molar-refractivity contribution in [3.8, 4) is 0 Å². The van der Waals surface area contributed by atoms with E-state index in [4.69, 9.17) is 0 Å². The van der Waals surface area contributed by atoms with Crippen LogP contribution in [0.1, 0.15) is 140 Å². The van der Waals surface area contributed by atoms with Crippen molar-refractivity contribution in [2.24, 2.45) is 0 Å². The van der Waals surface area contributed by atoms with Crippen LogP contribution in [-0.2, 0) is 11.2 Å². The van der Waals surface area contributed by atoms with Gasteiger partial charge in [-0.25, -0.2) is 0 Å². The normalized spacial score (nSPS) is 9.20. The van der Waals surface area contributed by atoms with Gasteiger partial charge in [-0.1, -0.05) is 143 Å². The Hall–Kier alpha value is -1.04. The van der Waals surface area contributed by atoms with Crippen molar-refractivity contribution in [2.75, 3.05) is 0 Å². The van der Waals surface area contributed by atoms with Crippen LogP contribution in [0.2, 0.25) is 0 Å². The summed E-state index contributed by atoms with van der Waals surface area (Å²) in [7, 11) is 0. The second kappa shape index (κ2) is 35.1. The Morgan fingerprint density at radius 3 is 1.51 bits per heavy atom. The third kappa shape index (κ3) is 35.2. The van der Waals surface area contributed by atoms with Crippen LogP contribution in [0, 0.1) is 13.8 Å². The second-order valence-electron chi connectivity index (χ2n) is 8.35. The minimum Gasteiger partial charge on any atom is -0.550 e. The summed E-state index contributed by atoms with van der Waals surface area (Å²) in [4.78, 5) is 20.7. The molecule has 0 aliphatic rings. The SMILES string of the molecule is CCCCCCCCCCC(=O)[O-].CCCCc1ccccc1C(=O)[O-].[CH2]CCC.[CH2]CCC.[Sn+2]. The molecule has 0 atom stereocenters. The van der Waals surface area contributed by atoms with Crippen molar-refractivity contribution in [1.29, 1.82) is 0 Å². The smallest absolute Gasteiger partial charge is 0.550 e. The van der Waals surface area contributed by atoms with Crippen molar-refractivity contribution >= 4 is 35.8 Å². The van der Waals surface area contributed by atoms with E-state index in [2.05, 4.69) is 41.5 Å². The van der Waals surface area contributed by atoms with Crippen LogP contribution in [0.4, 0.5) is 0 Å². The van der Waals surface area contributed by atoms with Gasteiger partial charge in [-0.2, -0.15) is 0 Å². The summed E-state index contributed by atoms with van der Waals surface area (Å²) in [5.74, 6) is -1.99. The predicted octanol–water partition coefficient (Wildman–Crippen LogP) is 6.52. The number of aryl methyl sites for hydroxylation is 1. The minimum absolute atomic E-state index is 0. The Morgan fingerprint density at radius 1 is 0.686 bits per heavy atom. The molecule has 1 aromatic carbocycles. The molecule has 0 amide bonds. The monoisotopic (exact) mass is 596 g/mol. The van der Waals surface area contributed by atoms with Crippen LogP contribution in [0.25, 0.3) is 0 Å². The van der Waals surface area contributed by atoms with E-state index in [1.807, 2.05) is 12.1 Å². The summed E-state index contributed by atoms with van der Waals surface area (Å²) in [6.07, 6.45) is 17.2. The number of carbonyl (C=O) groups is 2. The molecule has 4 radical (unpaired) electrons. The maximum atomic E-state index is 10.7. The molecular weight excluding hydrogens is 543 g/mol. The van der Waals surface area contributed by atoms with Gasteiger partial charge in [0, 0.05) is 11.5 Å². The van der Waals surface area contributed by atoms with Gasteiger partial charge in [0.1, 0.15) is 0 Å². The molecule has 0 N–H and O–H groups in total. The molecule has 0 spiro atoms. The van der Waals surface area contributed by atoms with Gasteiger partial charge in [0.2, 0.25) is 0 Å². The van der Waals surface area contributed by atoms with Crippen LogP contribution in [0.3, 0.4) is 0 Å². The standard InChI is InChI=1S/C11H14O2.C11H22O2.2C4H9.Sn/c1-2-3-6-9-7-4-5-8-10(9)11(12)13;1-2-3-4-5-6-7-8-9-10-11(12)13;2*1-3-4-2;/h4-5,7-8H,2-3,6H2,1H3,(H,12,13);2-10H2,1H3,(H,12,13);2*1,3-4H2,2H3;/q;;;;+2/p-2. The van der Waals surface area contributed by atoms with Gasteiger partial charge >= 0.3 is 23.9 Å². The summed E-state index contributed by atoms with van der Waals surface area (Å²) >= 11 is 0. The Balaban J connectivity index is -0.000000206. The number of hydrogen-bond acceptors (Lipinski definition) is 4. The predicted molar refractivity (Wildman–Crippen MR) is 148 cm³/mol. The molecule has 1 aromatic rings. The summed E-state index contributed by atoms with van der Waals surface area (Å²) in [6, 6.07) is 7.03. The van der Waals surface area contributed by atoms with Gasteiger partial charge in [0.15, 0.2) is 0 Å². The number of hydrogen-bond donors (Lipinski definition) is 0. The first kappa shape index (κ1) is 41.1. The fraction of sp³-hybridized carbons (Fsp3) is 0.667. The quantitative estimate of drug-likeness (QED) is 0.171. The molecule has 0 unspecified atom stereocenters. The molecule has 4 nitrogen and oxygen atoms in total. The molecule has 0 aliphatic carbocycles. The van der Waals surface area contributed by atoms with Crippen LogP contribution < -0.4 is 10.2 Å². The van der Waals surface area contributed by atoms with Crippen molar-refractivity contribution in [2.45, 2.75) is 130 Å². The average Bonchev–Trinajstić information content (AvgIpc) is 2.85. The molecule has 0 bridgehead atoms. The molecule has 0 heterocycles. The maximum absolute atomic E-state index is 10.7. The van der Waals surface area contributed by atoms with Gasteiger partial charge in [-0.05, 0) is 31.2 Å². The minimum atomic E-state index is -1.08. The molecule has 0 aliphatic heterocycles. The molecule has 0 fully saturated rings. The fourth-order valence-electron chi connectivity index (χ4n) is 2.71. The number of aliphatic carboxylic acids is 1. The Labute approximate surface area is 234 Å². The van der Waals surface area contributed by atoms with Crippen molar-refractivity contribution in [3.63, 3.8) is 0 Å². The van der Waals surface area contributed by atoms with Gasteiger partial charge in [0.05, 0.1) is 5.97 Å². The number of carboxylic acids is 2. The largest absolute Gasteiger partial charge is 2.00 e. The van der Waals surface area contributed by atoms with Crippen molar-refractivity contribution < 1.29 is 19.8 Å². The molecule has 5 heteroatoms. The summed E-state index contributed by atoms with van der Waals surface area (Å²) in [5.41, 5.74) is 1.21. The van der Waals surface area contributed by atoms with E-state index in [1.165, 1.54) is 51.4 Å². The molecular formula is C30H52O4Sn. The Bertz CT molecular complexity index is 553. The van der Waals surface area contributed by atoms with E-state index in [-0.39, 0.29) is 30.3 Å². The number of carbonyl (C=O) groups excluding carboxylic acids is 2. The van der Waals surface area contributed by atoms with Gasteiger partial charge in [-0.15, -0.1) is 0 Å². The zero-order valence-corrected chi connectivity index (χ0v) is 26.0. The molecule has 1 rings (SSSR count). The maximum Gasteiger partial charge on any atom is 2.00 e. The molecule has 0 aromatic heterocycles. The summed E-state index contributed by atoms with van der Waals surface area (Å²) < 4.78 is 0. The third-order valence-corrected chi connectivity index (χ3v) is 4.98. The second-order valence-corrected chi connectivity index (χ2v) is 8.35. The topological polar surface area (TPSA) is 80.3 Å². The first-order chi connectivity index (χ1) is 16.4. The van der Waals surface area contributed by atoms with Crippen LogP contribution in [0.15, 0.2) is 24.3 Å². The van der Waals surface area contributed by atoms with Crippen molar-refractivity contribution in [1.82, 2.24) is 0 Å². The van der Waals surface area contributed by atoms with E-state index >= 15 is 0 Å².